The molecule has 0 bridgehead atoms. The van der Waals surface area contributed by atoms with Gasteiger partial charge >= 0.3 is 0 Å². The van der Waals surface area contributed by atoms with Crippen LogP contribution in [0.2, 0.25) is 0 Å². The maximum absolute atomic E-state index is 13.5. The van der Waals surface area contributed by atoms with Crippen molar-refractivity contribution in [1.82, 2.24) is 10.3 Å². The lowest BCUT2D eigenvalue weighted by atomic mass is 10.1. The van der Waals surface area contributed by atoms with Gasteiger partial charge in [-0.05, 0) is 73.5 Å². The van der Waals surface area contributed by atoms with Crippen molar-refractivity contribution in [2.24, 2.45) is 0 Å². The van der Waals surface area contributed by atoms with E-state index >= 15 is 0 Å². The van der Waals surface area contributed by atoms with E-state index < -0.39 is 17.1 Å². The standard InChI is InChI=1S/C36H32N4O4S2/c1-23-11-7-8-14-26(23)20-31(38-34(42)25-12-5-4-6-13-25)35(43)37-28-16-10-18-30(21-28)46-24(2)33(41)40-36-39-32(22-45-36)27-15-9-17-29(19-27)44-3/h4-22,24H,1-3H3,(H,37,43)(H,38,42)(H,39,40,41)/b31-20-. The third-order valence-corrected chi connectivity index (χ3v) is 8.74. The van der Waals surface area contributed by atoms with Crippen LogP contribution in [0.25, 0.3) is 17.3 Å². The first-order chi connectivity index (χ1) is 22.3. The largest absolute Gasteiger partial charge is 0.497 e. The second kappa shape index (κ2) is 15.2. The number of aromatic nitrogens is 1. The van der Waals surface area contributed by atoms with Crippen LogP contribution in [-0.4, -0.2) is 35.1 Å². The summed E-state index contributed by atoms with van der Waals surface area (Å²) in [6.45, 7) is 3.75. The van der Waals surface area contributed by atoms with Crippen LogP contribution in [0, 0.1) is 6.92 Å². The molecule has 0 radical (unpaired) electrons. The van der Waals surface area contributed by atoms with Gasteiger partial charge in [0.25, 0.3) is 11.8 Å². The first-order valence-corrected chi connectivity index (χ1v) is 16.2. The molecule has 0 saturated heterocycles. The summed E-state index contributed by atoms with van der Waals surface area (Å²) >= 11 is 2.70. The van der Waals surface area contributed by atoms with Crippen LogP contribution in [0.4, 0.5) is 10.8 Å². The molecule has 0 saturated carbocycles. The Balaban J connectivity index is 1.25. The van der Waals surface area contributed by atoms with Crippen molar-refractivity contribution in [3.8, 4) is 17.0 Å². The van der Waals surface area contributed by atoms with E-state index in [1.807, 2.05) is 79.9 Å². The Hall–Kier alpha value is -5.19. The number of hydrogen-bond acceptors (Lipinski definition) is 7. The average molecular weight is 649 g/mol. The minimum absolute atomic E-state index is 0.103. The van der Waals surface area contributed by atoms with Gasteiger partial charge in [-0.2, -0.15) is 0 Å². The molecular weight excluding hydrogens is 617 g/mol. The van der Waals surface area contributed by atoms with Gasteiger partial charge in [-0.25, -0.2) is 4.98 Å². The summed E-state index contributed by atoms with van der Waals surface area (Å²) in [5.41, 5.74) is 4.47. The molecule has 5 aromatic rings. The molecule has 1 unspecified atom stereocenters. The molecule has 0 aliphatic rings. The first kappa shape index (κ1) is 32.2. The number of anilines is 2. The molecule has 46 heavy (non-hydrogen) atoms. The number of ether oxygens (including phenoxy) is 1. The molecular formula is C36H32N4O4S2. The molecule has 0 aliphatic heterocycles. The quantitative estimate of drug-likeness (QED) is 0.100. The van der Waals surface area contributed by atoms with Gasteiger partial charge in [0.2, 0.25) is 5.91 Å². The summed E-state index contributed by atoms with van der Waals surface area (Å²) < 4.78 is 5.30. The third kappa shape index (κ3) is 8.50. The number of aryl methyl sites for hydroxylation is 1. The van der Waals surface area contributed by atoms with Crippen LogP contribution in [0.5, 0.6) is 5.75 Å². The minimum atomic E-state index is -0.476. The summed E-state index contributed by atoms with van der Waals surface area (Å²) in [6, 6.07) is 31.1. The zero-order valence-corrected chi connectivity index (χ0v) is 27.1. The van der Waals surface area contributed by atoms with Crippen LogP contribution in [0.1, 0.15) is 28.4 Å². The van der Waals surface area contributed by atoms with E-state index in [1.54, 1.807) is 55.7 Å². The Morgan fingerprint density at radius 1 is 0.891 bits per heavy atom. The van der Waals surface area contributed by atoms with Crippen LogP contribution in [0.3, 0.4) is 0 Å². The van der Waals surface area contributed by atoms with Crippen LogP contribution in [0.15, 0.2) is 119 Å². The number of benzene rings is 4. The Bertz CT molecular complexity index is 1890. The van der Waals surface area contributed by atoms with E-state index in [0.717, 1.165) is 33.0 Å². The first-order valence-electron chi connectivity index (χ1n) is 14.4. The summed E-state index contributed by atoms with van der Waals surface area (Å²) in [6.07, 6.45) is 1.66. The molecule has 10 heteroatoms. The van der Waals surface area contributed by atoms with E-state index in [2.05, 4.69) is 20.9 Å². The number of carbonyl (C=O) groups excluding carboxylic acids is 3. The van der Waals surface area contributed by atoms with Gasteiger partial charge in [0, 0.05) is 27.1 Å². The van der Waals surface area contributed by atoms with Crippen molar-refractivity contribution in [2.75, 3.05) is 17.7 Å². The van der Waals surface area contributed by atoms with Gasteiger partial charge in [-0.15, -0.1) is 23.1 Å². The monoisotopic (exact) mass is 648 g/mol. The maximum atomic E-state index is 13.5. The van der Waals surface area contributed by atoms with Gasteiger partial charge in [0.15, 0.2) is 5.13 Å². The van der Waals surface area contributed by atoms with Crippen molar-refractivity contribution in [2.45, 2.75) is 24.0 Å². The zero-order chi connectivity index (χ0) is 32.5. The number of thiazole rings is 1. The molecule has 3 N–H and O–H groups in total. The van der Waals surface area contributed by atoms with Crippen molar-refractivity contribution in [1.29, 1.82) is 0 Å². The SMILES string of the molecule is COc1cccc(-c2csc(NC(=O)C(C)Sc3cccc(NC(=O)/C(=C/c4ccccc4C)NC(=O)c4ccccc4)c3)n2)c1. The second-order valence-electron chi connectivity index (χ2n) is 10.2. The van der Waals surface area contributed by atoms with Crippen molar-refractivity contribution in [3.63, 3.8) is 0 Å². The molecule has 8 nitrogen and oxygen atoms in total. The van der Waals surface area contributed by atoms with Gasteiger partial charge in [-0.3, -0.25) is 14.4 Å². The minimum Gasteiger partial charge on any atom is -0.497 e. The van der Waals surface area contributed by atoms with Crippen LogP contribution >= 0.6 is 23.1 Å². The van der Waals surface area contributed by atoms with E-state index in [9.17, 15) is 14.4 Å². The molecule has 5 rings (SSSR count). The maximum Gasteiger partial charge on any atom is 0.272 e. The molecule has 232 valence electrons. The Labute approximate surface area is 275 Å². The highest BCUT2D eigenvalue weighted by Crippen LogP contribution is 2.30. The Kier molecular flexibility index (Phi) is 10.6. The van der Waals surface area contributed by atoms with Crippen molar-refractivity contribution < 1.29 is 19.1 Å². The second-order valence-corrected chi connectivity index (χ2v) is 12.5. The molecule has 4 aromatic carbocycles. The normalized spacial score (nSPS) is 11.8. The molecule has 1 atom stereocenters. The average Bonchev–Trinajstić information content (AvgIpc) is 3.54. The fourth-order valence-electron chi connectivity index (χ4n) is 4.40. The predicted molar refractivity (Wildman–Crippen MR) is 186 cm³/mol. The number of amides is 3. The van der Waals surface area contributed by atoms with E-state index in [-0.39, 0.29) is 11.6 Å². The number of rotatable bonds is 11. The lowest BCUT2D eigenvalue weighted by Crippen LogP contribution is -2.30. The number of hydrogen-bond donors (Lipinski definition) is 3. The number of carbonyl (C=O) groups is 3. The molecule has 0 fully saturated rings. The highest BCUT2D eigenvalue weighted by molar-refractivity contribution is 8.00. The summed E-state index contributed by atoms with van der Waals surface area (Å²) in [4.78, 5) is 44.9. The summed E-state index contributed by atoms with van der Waals surface area (Å²) in [5.74, 6) is -0.334. The number of thioether (sulfide) groups is 1. The molecule has 1 aromatic heterocycles. The van der Waals surface area contributed by atoms with Crippen molar-refractivity contribution in [3.05, 3.63) is 131 Å². The van der Waals surface area contributed by atoms with Gasteiger partial charge in [0.1, 0.15) is 11.4 Å². The Morgan fingerprint density at radius 2 is 1.65 bits per heavy atom. The molecule has 0 spiro atoms. The van der Waals surface area contributed by atoms with Crippen molar-refractivity contribution >= 4 is 57.7 Å². The lowest BCUT2D eigenvalue weighted by Gasteiger charge is -2.14. The lowest BCUT2D eigenvalue weighted by molar-refractivity contribution is -0.115. The smallest absolute Gasteiger partial charge is 0.272 e. The van der Waals surface area contributed by atoms with E-state index in [0.29, 0.717) is 16.4 Å². The highest BCUT2D eigenvalue weighted by atomic mass is 32.2. The summed E-state index contributed by atoms with van der Waals surface area (Å²) in [5, 5.41) is 10.5. The Morgan fingerprint density at radius 3 is 2.43 bits per heavy atom. The summed E-state index contributed by atoms with van der Waals surface area (Å²) in [7, 11) is 1.61. The number of nitrogens with one attached hydrogen (secondary N) is 3. The highest BCUT2D eigenvalue weighted by Gasteiger charge is 2.19. The zero-order valence-electron chi connectivity index (χ0n) is 25.4. The molecule has 0 aliphatic carbocycles. The molecule has 3 amide bonds. The van der Waals surface area contributed by atoms with Gasteiger partial charge in [-0.1, -0.05) is 60.7 Å². The van der Waals surface area contributed by atoms with Crippen LogP contribution in [-0.2, 0) is 9.59 Å². The fraction of sp³-hybridized carbons (Fsp3) is 0.111. The number of methoxy groups -OCH3 is 1. The predicted octanol–water partition coefficient (Wildman–Crippen LogP) is 7.66. The van der Waals surface area contributed by atoms with E-state index in [4.69, 9.17) is 4.74 Å². The fourth-order valence-corrected chi connectivity index (χ4v) is 6.05. The van der Waals surface area contributed by atoms with E-state index in [1.165, 1.54) is 23.1 Å². The van der Waals surface area contributed by atoms with Gasteiger partial charge in [0.05, 0.1) is 18.1 Å². The van der Waals surface area contributed by atoms with Gasteiger partial charge < -0.3 is 20.7 Å². The topological polar surface area (TPSA) is 109 Å². The molecule has 1 heterocycles. The number of nitrogens with zero attached hydrogens (tertiary/aromatic N) is 1. The van der Waals surface area contributed by atoms with Crippen LogP contribution < -0.4 is 20.7 Å². The third-order valence-electron chi connectivity index (χ3n) is 6.89.